The minimum Gasteiger partial charge on any atom is -0.444 e. The topological polar surface area (TPSA) is 124 Å². The van der Waals surface area contributed by atoms with Crippen molar-refractivity contribution in [3.63, 3.8) is 0 Å². The largest absolute Gasteiger partial charge is 0.444 e. The van der Waals surface area contributed by atoms with Crippen LogP contribution in [0.4, 0.5) is 10.6 Å². The van der Waals surface area contributed by atoms with Crippen molar-refractivity contribution in [2.75, 3.05) is 5.32 Å². The molecule has 1 aromatic carbocycles. The van der Waals surface area contributed by atoms with E-state index in [4.69, 9.17) is 16.3 Å². The summed E-state index contributed by atoms with van der Waals surface area (Å²) in [6, 6.07) is 9.40. The molecule has 4 aromatic rings. The number of nitrogens with zero attached hydrogens (tertiary/aromatic N) is 5. The number of hydrogen-bond donors (Lipinski definition) is 2. The van der Waals surface area contributed by atoms with Crippen molar-refractivity contribution in [2.24, 2.45) is 0 Å². The molecule has 11 heteroatoms. The van der Waals surface area contributed by atoms with E-state index in [1.807, 2.05) is 38.1 Å². The minimum atomic E-state index is -0.610. The highest BCUT2D eigenvalue weighted by atomic mass is 35.5. The van der Waals surface area contributed by atoms with Gasteiger partial charge in [0.15, 0.2) is 5.69 Å². The number of fused-ring (bicyclic) bond motifs is 1. The van der Waals surface area contributed by atoms with Crippen molar-refractivity contribution in [3.8, 4) is 0 Å². The number of anilines is 1. The predicted octanol–water partition coefficient (Wildman–Crippen LogP) is 4.82. The Labute approximate surface area is 219 Å². The Hall–Kier alpha value is -4.05. The first-order chi connectivity index (χ1) is 17.5. The molecule has 0 saturated carbocycles. The molecular weight excluding hydrogens is 494 g/mol. The third-order valence-electron chi connectivity index (χ3n) is 5.41. The van der Waals surface area contributed by atoms with Crippen LogP contribution >= 0.6 is 11.6 Å². The summed E-state index contributed by atoms with van der Waals surface area (Å²) in [6.45, 7) is 9.72. The standard InChI is InChI=1S/C26H28ClN7O3/c1-15-8-23(32-25(36)37-26(3,4)5)31-16(2)20(15)12-29-24(35)22-13-30-34(33-22)14-17-6-7-21-18(9-17)10-19(27)11-28-21/h6-11,13H,12,14H2,1-5H3,(H,29,35)(H,31,32,36). The van der Waals surface area contributed by atoms with Gasteiger partial charge in [-0.2, -0.15) is 9.90 Å². The molecule has 4 rings (SSSR count). The van der Waals surface area contributed by atoms with Crippen LogP contribution in [0, 0.1) is 13.8 Å². The van der Waals surface area contributed by atoms with Gasteiger partial charge in [-0.1, -0.05) is 17.7 Å². The first-order valence-corrected chi connectivity index (χ1v) is 12.0. The Morgan fingerprint density at radius 2 is 1.89 bits per heavy atom. The molecule has 0 atom stereocenters. The second kappa shape index (κ2) is 10.5. The number of nitrogens with one attached hydrogen (secondary N) is 2. The number of halogens is 1. The summed E-state index contributed by atoms with van der Waals surface area (Å²) >= 11 is 6.05. The fraction of sp³-hybridized carbons (Fsp3) is 0.308. The number of pyridine rings is 2. The number of amides is 2. The zero-order valence-corrected chi connectivity index (χ0v) is 22.1. The van der Waals surface area contributed by atoms with Crippen LogP contribution in [0.5, 0.6) is 0 Å². The Balaban J connectivity index is 1.38. The van der Waals surface area contributed by atoms with Crippen LogP contribution in [-0.4, -0.2) is 42.6 Å². The van der Waals surface area contributed by atoms with Crippen LogP contribution in [0.3, 0.4) is 0 Å². The number of aromatic nitrogens is 5. The van der Waals surface area contributed by atoms with Gasteiger partial charge in [0.05, 0.1) is 23.3 Å². The van der Waals surface area contributed by atoms with E-state index in [1.54, 1.807) is 33.0 Å². The third kappa shape index (κ3) is 6.79. The summed E-state index contributed by atoms with van der Waals surface area (Å²) in [6.07, 6.45) is 2.46. The molecule has 0 fully saturated rings. The van der Waals surface area contributed by atoms with Crippen molar-refractivity contribution in [1.82, 2.24) is 30.3 Å². The Bertz CT molecular complexity index is 1450. The maximum absolute atomic E-state index is 12.7. The molecule has 2 amide bonds. The number of rotatable bonds is 6. The Morgan fingerprint density at radius 1 is 1.11 bits per heavy atom. The van der Waals surface area contributed by atoms with Crippen molar-refractivity contribution < 1.29 is 14.3 Å². The molecule has 3 heterocycles. The smallest absolute Gasteiger partial charge is 0.413 e. The van der Waals surface area contributed by atoms with Gasteiger partial charge in [-0.25, -0.2) is 9.78 Å². The molecule has 0 bridgehead atoms. The monoisotopic (exact) mass is 521 g/mol. The SMILES string of the molecule is Cc1cc(NC(=O)OC(C)(C)C)nc(C)c1CNC(=O)c1cnn(Cc2ccc3ncc(Cl)cc3c2)n1. The Kier molecular flexibility index (Phi) is 7.40. The predicted molar refractivity (Wildman–Crippen MR) is 141 cm³/mol. The molecule has 0 aliphatic rings. The normalized spacial score (nSPS) is 11.4. The van der Waals surface area contributed by atoms with Gasteiger partial charge in [0.25, 0.3) is 5.91 Å². The second-order valence-corrected chi connectivity index (χ2v) is 10.1. The number of carbonyl (C=O) groups is 2. The van der Waals surface area contributed by atoms with E-state index in [0.717, 1.165) is 27.6 Å². The molecule has 10 nitrogen and oxygen atoms in total. The molecular formula is C26H28ClN7O3. The first kappa shape index (κ1) is 26.0. The van der Waals surface area contributed by atoms with Gasteiger partial charge in [-0.15, -0.1) is 5.10 Å². The van der Waals surface area contributed by atoms with Crippen LogP contribution in [-0.2, 0) is 17.8 Å². The summed E-state index contributed by atoms with van der Waals surface area (Å²) in [5.74, 6) is 0.0320. The van der Waals surface area contributed by atoms with Crippen LogP contribution in [0.2, 0.25) is 5.02 Å². The molecule has 2 N–H and O–H groups in total. The lowest BCUT2D eigenvalue weighted by Crippen LogP contribution is -2.28. The van der Waals surface area contributed by atoms with E-state index in [9.17, 15) is 9.59 Å². The zero-order chi connectivity index (χ0) is 26.7. The summed E-state index contributed by atoms with van der Waals surface area (Å²) in [7, 11) is 0. The lowest BCUT2D eigenvalue weighted by atomic mass is 10.1. The molecule has 0 unspecified atom stereocenters. The van der Waals surface area contributed by atoms with Gasteiger partial charge in [-0.05, 0) is 75.6 Å². The van der Waals surface area contributed by atoms with Crippen LogP contribution in [0.15, 0.2) is 42.7 Å². The van der Waals surface area contributed by atoms with Gasteiger partial charge in [0.2, 0.25) is 0 Å². The molecule has 0 radical (unpaired) electrons. The second-order valence-electron chi connectivity index (χ2n) is 9.64. The zero-order valence-electron chi connectivity index (χ0n) is 21.3. The van der Waals surface area contributed by atoms with E-state index in [1.165, 1.54) is 11.0 Å². The van der Waals surface area contributed by atoms with Crippen molar-refractivity contribution in [3.05, 3.63) is 75.8 Å². The van der Waals surface area contributed by atoms with E-state index in [2.05, 4.69) is 30.8 Å². The molecule has 0 aliphatic carbocycles. The highest BCUT2D eigenvalue weighted by molar-refractivity contribution is 6.31. The van der Waals surface area contributed by atoms with Crippen LogP contribution < -0.4 is 10.6 Å². The Morgan fingerprint density at radius 3 is 2.62 bits per heavy atom. The quantitative estimate of drug-likeness (QED) is 0.373. The van der Waals surface area contributed by atoms with E-state index in [0.29, 0.717) is 23.1 Å². The van der Waals surface area contributed by atoms with E-state index in [-0.39, 0.29) is 18.1 Å². The van der Waals surface area contributed by atoms with Crippen molar-refractivity contribution in [1.29, 1.82) is 0 Å². The number of ether oxygens (including phenoxy) is 1. The maximum atomic E-state index is 12.7. The minimum absolute atomic E-state index is 0.206. The summed E-state index contributed by atoms with van der Waals surface area (Å²) in [5.41, 5.74) is 3.79. The number of carbonyl (C=O) groups excluding carboxylic acids is 2. The first-order valence-electron chi connectivity index (χ1n) is 11.7. The van der Waals surface area contributed by atoms with E-state index >= 15 is 0 Å². The van der Waals surface area contributed by atoms with Crippen molar-refractivity contribution in [2.45, 2.75) is 53.3 Å². The maximum Gasteiger partial charge on any atom is 0.413 e. The summed E-state index contributed by atoms with van der Waals surface area (Å²) < 4.78 is 5.27. The molecule has 37 heavy (non-hydrogen) atoms. The summed E-state index contributed by atoms with van der Waals surface area (Å²) in [5, 5.41) is 15.5. The van der Waals surface area contributed by atoms with Gasteiger partial charge >= 0.3 is 6.09 Å². The molecule has 3 aromatic heterocycles. The van der Waals surface area contributed by atoms with Gasteiger partial charge in [-0.3, -0.25) is 15.1 Å². The van der Waals surface area contributed by atoms with Gasteiger partial charge in [0, 0.05) is 23.8 Å². The number of benzene rings is 1. The van der Waals surface area contributed by atoms with Crippen molar-refractivity contribution >= 4 is 40.3 Å². The van der Waals surface area contributed by atoms with Gasteiger partial charge < -0.3 is 10.1 Å². The molecule has 0 spiro atoms. The fourth-order valence-corrected chi connectivity index (χ4v) is 3.92. The number of hydrogen-bond acceptors (Lipinski definition) is 7. The average Bonchev–Trinajstić information content (AvgIpc) is 3.25. The third-order valence-corrected chi connectivity index (χ3v) is 5.62. The summed E-state index contributed by atoms with van der Waals surface area (Å²) in [4.78, 5) is 34.9. The average molecular weight is 522 g/mol. The lowest BCUT2D eigenvalue weighted by molar-refractivity contribution is 0.0635. The highest BCUT2D eigenvalue weighted by Crippen LogP contribution is 2.19. The molecule has 0 aliphatic heterocycles. The highest BCUT2D eigenvalue weighted by Gasteiger charge is 2.18. The van der Waals surface area contributed by atoms with E-state index < -0.39 is 11.7 Å². The van der Waals surface area contributed by atoms with Gasteiger partial charge in [0.1, 0.15) is 11.4 Å². The van der Waals surface area contributed by atoms with Crippen LogP contribution in [0.25, 0.3) is 10.9 Å². The number of aryl methyl sites for hydroxylation is 2. The fourth-order valence-electron chi connectivity index (χ4n) is 3.75. The van der Waals surface area contributed by atoms with Crippen LogP contribution in [0.1, 0.15) is 53.6 Å². The molecule has 192 valence electrons. The lowest BCUT2D eigenvalue weighted by Gasteiger charge is -2.20. The molecule has 0 saturated heterocycles.